The highest BCUT2D eigenvalue weighted by Gasteiger charge is 2.26. The van der Waals surface area contributed by atoms with E-state index in [2.05, 4.69) is 12.1 Å². The van der Waals surface area contributed by atoms with Crippen molar-refractivity contribution in [2.24, 2.45) is 0 Å². The molecule has 6 heteroatoms. The van der Waals surface area contributed by atoms with Gasteiger partial charge in [0.05, 0.1) is 16.8 Å². The van der Waals surface area contributed by atoms with Crippen LogP contribution in [0.4, 0.5) is 0 Å². The fraction of sp³-hybridized carbons (Fsp3) is 0.148. The number of hydrogen-bond acceptors (Lipinski definition) is 5. The topological polar surface area (TPSA) is 56.3 Å². The number of halogens is 1. The molecule has 2 heterocycles. The Morgan fingerprint density at radius 2 is 1.85 bits per heavy atom. The summed E-state index contributed by atoms with van der Waals surface area (Å²) < 4.78 is 5.52. The maximum absolute atomic E-state index is 13.3. The van der Waals surface area contributed by atoms with Crippen molar-refractivity contribution in [1.29, 1.82) is 0 Å². The van der Waals surface area contributed by atoms with E-state index in [4.69, 9.17) is 21.3 Å². The summed E-state index contributed by atoms with van der Waals surface area (Å²) in [4.78, 5) is 31.9. The Balaban J connectivity index is 1.51. The van der Waals surface area contributed by atoms with Crippen LogP contribution in [0.3, 0.4) is 0 Å². The summed E-state index contributed by atoms with van der Waals surface area (Å²) >= 11 is 7.57. The average Bonchev–Trinajstić information content (AvgIpc) is 3.35. The highest BCUT2D eigenvalue weighted by atomic mass is 35.5. The molecule has 0 radical (unpaired) electrons. The van der Waals surface area contributed by atoms with Crippen LogP contribution in [-0.2, 0) is 11.2 Å². The normalized spacial score (nSPS) is 14.3. The lowest BCUT2D eigenvalue weighted by Crippen LogP contribution is -2.18. The highest BCUT2D eigenvalue weighted by Crippen LogP contribution is 2.36. The van der Waals surface area contributed by atoms with Gasteiger partial charge < -0.3 is 4.74 Å². The molecular formula is C27H20ClNO3S. The molecule has 0 unspecified atom stereocenters. The first kappa shape index (κ1) is 21.6. The van der Waals surface area contributed by atoms with Gasteiger partial charge in [0.15, 0.2) is 12.4 Å². The zero-order chi connectivity index (χ0) is 22.8. The number of carbonyl (C=O) groups excluding carboxylic acids is 2. The van der Waals surface area contributed by atoms with Crippen LogP contribution in [0.25, 0.3) is 22.6 Å². The smallest absolute Gasteiger partial charge is 0.339 e. The van der Waals surface area contributed by atoms with E-state index in [1.54, 1.807) is 35.6 Å². The van der Waals surface area contributed by atoms with E-state index in [-0.39, 0.29) is 12.4 Å². The van der Waals surface area contributed by atoms with Crippen LogP contribution in [0.2, 0.25) is 5.02 Å². The van der Waals surface area contributed by atoms with Crippen LogP contribution in [0.15, 0.2) is 66.0 Å². The maximum atomic E-state index is 13.3. The number of esters is 1. The van der Waals surface area contributed by atoms with E-state index in [1.807, 2.05) is 35.7 Å². The maximum Gasteiger partial charge on any atom is 0.339 e. The van der Waals surface area contributed by atoms with Gasteiger partial charge in [-0.15, -0.1) is 11.3 Å². The molecule has 0 saturated heterocycles. The molecular weight excluding hydrogens is 454 g/mol. The predicted molar refractivity (Wildman–Crippen MR) is 133 cm³/mol. The number of fused-ring (bicyclic) bond motifs is 2. The number of para-hydroxylation sites is 1. The number of carbonyl (C=O) groups is 2. The Morgan fingerprint density at radius 3 is 2.64 bits per heavy atom. The Bertz CT molecular complexity index is 1370. The molecule has 4 nitrogen and oxygen atoms in total. The minimum atomic E-state index is -0.496. The van der Waals surface area contributed by atoms with Gasteiger partial charge in [-0.25, -0.2) is 9.78 Å². The van der Waals surface area contributed by atoms with Gasteiger partial charge >= 0.3 is 5.97 Å². The summed E-state index contributed by atoms with van der Waals surface area (Å²) in [5.41, 5.74) is 4.57. The van der Waals surface area contributed by atoms with Crippen molar-refractivity contribution in [3.63, 3.8) is 0 Å². The van der Waals surface area contributed by atoms with E-state index < -0.39 is 5.97 Å². The summed E-state index contributed by atoms with van der Waals surface area (Å²) in [6.07, 6.45) is 4.72. The molecule has 0 N–H and O–H groups in total. The summed E-state index contributed by atoms with van der Waals surface area (Å²) in [7, 11) is 0. The Labute approximate surface area is 200 Å². The third kappa shape index (κ3) is 4.47. The first-order chi connectivity index (χ1) is 16.1. The molecule has 1 aliphatic rings. The SMILES string of the molecule is O=C(COC(=O)c1c2c(nc3ccccc13)C(=Cc1cccs1)CCC2)c1ccc(Cl)cc1. The minimum Gasteiger partial charge on any atom is -0.454 e. The lowest BCUT2D eigenvalue weighted by molar-refractivity contribution is 0.0475. The fourth-order valence-electron chi connectivity index (χ4n) is 4.18. The van der Waals surface area contributed by atoms with Crippen LogP contribution in [0.5, 0.6) is 0 Å². The van der Waals surface area contributed by atoms with E-state index in [0.29, 0.717) is 16.1 Å². The van der Waals surface area contributed by atoms with Crippen molar-refractivity contribution >= 4 is 57.2 Å². The van der Waals surface area contributed by atoms with Crippen molar-refractivity contribution in [3.8, 4) is 0 Å². The average molecular weight is 474 g/mol. The molecule has 0 saturated carbocycles. The van der Waals surface area contributed by atoms with Crippen LogP contribution < -0.4 is 0 Å². The molecule has 1 aliphatic carbocycles. The Morgan fingerprint density at radius 1 is 1.03 bits per heavy atom. The van der Waals surface area contributed by atoms with Gasteiger partial charge in [-0.1, -0.05) is 35.9 Å². The summed E-state index contributed by atoms with van der Waals surface area (Å²) in [5, 5.41) is 3.34. The number of thiophene rings is 1. The van der Waals surface area contributed by atoms with Gasteiger partial charge in [-0.3, -0.25) is 4.79 Å². The third-order valence-electron chi connectivity index (χ3n) is 5.73. The van der Waals surface area contributed by atoms with E-state index >= 15 is 0 Å². The van der Waals surface area contributed by atoms with Crippen molar-refractivity contribution in [2.75, 3.05) is 6.61 Å². The van der Waals surface area contributed by atoms with E-state index in [0.717, 1.165) is 51.9 Å². The van der Waals surface area contributed by atoms with Crippen molar-refractivity contribution in [3.05, 3.63) is 98.3 Å². The van der Waals surface area contributed by atoms with Gasteiger partial charge in [-0.2, -0.15) is 0 Å². The lowest BCUT2D eigenvalue weighted by Gasteiger charge is -2.22. The zero-order valence-corrected chi connectivity index (χ0v) is 19.3. The molecule has 4 aromatic rings. The van der Waals surface area contributed by atoms with Crippen LogP contribution in [0, 0.1) is 0 Å². The number of pyridine rings is 1. The molecule has 2 aromatic carbocycles. The minimum absolute atomic E-state index is 0.273. The molecule has 0 atom stereocenters. The fourth-order valence-corrected chi connectivity index (χ4v) is 4.98. The molecule has 0 amide bonds. The molecule has 0 spiro atoms. The monoisotopic (exact) mass is 473 g/mol. The number of ether oxygens (including phenoxy) is 1. The number of benzene rings is 2. The highest BCUT2D eigenvalue weighted by molar-refractivity contribution is 7.10. The summed E-state index contributed by atoms with van der Waals surface area (Å²) in [5.74, 6) is -0.768. The van der Waals surface area contributed by atoms with Gasteiger partial charge in [0.25, 0.3) is 0 Å². The van der Waals surface area contributed by atoms with Gasteiger partial charge in [-0.05, 0) is 78.3 Å². The van der Waals surface area contributed by atoms with Crippen molar-refractivity contribution < 1.29 is 14.3 Å². The quantitative estimate of drug-likeness (QED) is 0.234. The molecule has 33 heavy (non-hydrogen) atoms. The number of Topliss-reactive ketones (excluding diaryl/α,β-unsaturated/α-hetero) is 1. The van der Waals surface area contributed by atoms with Gasteiger partial charge in [0.2, 0.25) is 0 Å². The van der Waals surface area contributed by atoms with Gasteiger partial charge in [0, 0.05) is 20.8 Å². The van der Waals surface area contributed by atoms with Crippen LogP contribution in [0.1, 0.15) is 49.7 Å². The first-order valence-corrected chi connectivity index (χ1v) is 12.0. The third-order valence-corrected chi connectivity index (χ3v) is 6.81. The second-order valence-corrected chi connectivity index (χ2v) is 9.29. The standard InChI is InChI=1S/C27H20ClNO3S/c28-19-12-10-17(11-13-19)24(30)16-32-27(31)25-21-7-1-2-9-23(21)29-26-18(5-3-8-22(25)26)15-20-6-4-14-33-20/h1-2,4,6-7,9-15H,3,5,8,16H2. The van der Waals surface area contributed by atoms with Crippen LogP contribution in [-0.4, -0.2) is 23.3 Å². The molecule has 0 aliphatic heterocycles. The first-order valence-electron chi connectivity index (χ1n) is 10.7. The molecule has 0 bridgehead atoms. The largest absolute Gasteiger partial charge is 0.454 e. The number of rotatable bonds is 5. The van der Waals surface area contributed by atoms with Crippen molar-refractivity contribution in [2.45, 2.75) is 19.3 Å². The molecule has 0 fully saturated rings. The molecule has 164 valence electrons. The number of ketones is 1. The predicted octanol–water partition coefficient (Wildman–Crippen LogP) is 6.87. The zero-order valence-electron chi connectivity index (χ0n) is 17.7. The van der Waals surface area contributed by atoms with Crippen molar-refractivity contribution in [1.82, 2.24) is 4.98 Å². The van der Waals surface area contributed by atoms with E-state index in [9.17, 15) is 9.59 Å². The Hall–Kier alpha value is -3.28. The Kier molecular flexibility index (Phi) is 6.07. The lowest BCUT2D eigenvalue weighted by atomic mass is 9.86. The molecule has 5 rings (SSSR count). The summed E-state index contributed by atoms with van der Waals surface area (Å²) in [6.45, 7) is -0.330. The second-order valence-electron chi connectivity index (χ2n) is 7.88. The summed E-state index contributed by atoms with van der Waals surface area (Å²) in [6, 6.07) is 18.2. The molecule has 2 aromatic heterocycles. The number of hydrogen-bond donors (Lipinski definition) is 0. The van der Waals surface area contributed by atoms with Gasteiger partial charge in [0.1, 0.15) is 0 Å². The number of nitrogens with zero attached hydrogens (tertiary/aromatic N) is 1. The number of allylic oxidation sites excluding steroid dienone is 1. The van der Waals surface area contributed by atoms with E-state index in [1.165, 1.54) is 0 Å². The second kappa shape index (κ2) is 9.30. The van der Waals surface area contributed by atoms with Crippen LogP contribution >= 0.6 is 22.9 Å². The number of aromatic nitrogens is 1.